The van der Waals surface area contributed by atoms with E-state index >= 15 is 0 Å². The Bertz CT molecular complexity index is 637. The van der Waals surface area contributed by atoms with Crippen molar-refractivity contribution in [3.8, 4) is 0 Å². The van der Waals surface area contributed by atoms with Gasteiger partial charge in [-0.25, -0.2) is 0 Å². The van der Waals surface area contributed by atoms with Crippen molar-refractivity contribution in [1.29, 1.82) is 0 Å². The molecule has 0 fully saturated rings. The Morgan fingerprint density at radius 2 is 1.70 bits per heavy atom. The van der Waals surface area contributed by atoms with Gasteiger partial charge in [0, 0.05) is 0 Å². The van der Waals surface area contributed by atoms with Crippen molar-refractivity contribution >= 4 is 23.2 Å². The predicted molar refractivity (Wildman–Crippen MR) is 85.6 cm³/mol. The second kappa shape index (κ2) is 5.77. The average Bonchev–Trinajstić information content (AvgIpc) is 2.49. The quantitative estimate of drug-likeness (QED) is 0.837. The molecule has 0 spiro atoms. The molecule has 2 N–H and O–H groups in total. The molecule has 0 amide bonds. The zero-order valence-electron chi connectivity index (χ0n) is 11.2. The maximum atomic E-state index is 6.38. The molecule has 1 atom stereocenters. The minimum absolute atomic E-state index is 0.228. The molecule has 0 bridgehead atoms. The topological polar surface area (TPSA) is 26.0 Å². The Balaban J connectivity index is 1.98. The molecule has 0 saturated heterocycles. The third kappa shape index (κ3) is 2.58. The van der Waals surface area contributed by atoms with Crippen LogP contribution < -0.4 is 5.73 Å². The van der Waals surface area contributed by atoms with Crippen molar-refractivity contribution in [2.24, 2.45) is 5.73 Å². The fourth-order valence-corrected chi connectivity index (χ4v) is 3.31. The second-order valence-corrected chi connectivity index (χ2v) is 6.14. The normalized spacial score (nSPS) is 15.8. The van der Waals surface area contributed by atoms with E-state index in [0.717, 1.165) is 17.5 Å². The van der Waals surface area contributed by atoms with Crippen LogP contribution in [0.4, 0.5) is 0 Å². The number of aryl methyl sites for hydroxylation is 2. The molecule has 0 heterocycles. The molecule has 0 aromatic heterocycles. The van der Waals surface area contributed by atoms with Crippen molar-refractivity contribution in [2.75, 3.05) is 0 Å². The summed E-state index contributed by atoms with van der Waals surface area (Å²) in [6, 6.07) is 11.9. The molecule has 0 saturated carbocycles. The van der Waals surface area contributed by atoms with Gasteiger partial charge in [0.05, 0.1) is 16.1 Å². The van der Waals surface area contributed by atoms with Gasteiger partial charge in [0.1, 0.15) is 0 Å². The molecular weight excluding hydrogens is 289 g/mol. The van der Waals surface area contributed by atoms with E-state index in [2.05, 4.69) is 18.2 Å². The minimum atomic E-state index is -0.228. The Morgan fingerprint density at radius 3 is 2.50 bits per heavy atom. The molecular formula is C17H17Cl2N. The van der Waals surface area contributed by atoms with Gasteiger partial charge in [-0.3, -0.25) is 0 Å². The van der Waals surface area contributed by atoms with Crippen LogP contribution in [-0.2, 0) is 12.8 Å². The third-order valence-corrected chi connectivity index (χ3v) is 4.88. The smallest absolute Gasteiger partial charge is 0.0643 e. The molecule has 1 nitrogen and oxygen atoms in total. The first-order valence-corrected chi connectivity index (χ1v) is 7.73. The van der Waals surface area contributed by atoms with Gasteiger partial charge in [0.15, 0.2) is 0 Å². The molecule has 0 aliphatic heterocycles. The summed E-state index contributed by atoms with van der Waals surface area (Å²) in [5, 5.41) is 1.11. The Kier molecular flexibility index (Phi) is 4.02. The highest BCUT2D eigenvalue weighted by Gasteiger charge is 2.17. The van der Waals surface area contributed by atoms with Crippen LogP contribution >= 0.6 is 23.2 Å². The van der Waals surface area contributed by atoms with Gasteiger partial charge >= 0.3 is 0 Å². The van der Waals surface area contributed by atoms with Gasteiger partial charge in [0.25, 0.3) is 0 Å². The molecule has 1 aliphatic rings. The summed E-state index contributed by atoms with van der Waals surface area (Å²) >= 11 is 12.3. The zero-order valence-corrected chi connectivity index (χ0v) is 12.7. The van der Waals surface area contributed by atoms with Crippen LogP contribution in [-0.4, -0.2) is 0 Å². The van der Waals surface area contributed by atoms with Crippen LogP contribution in [0, 0.1) is 0 Å². The van der Waals surface area contributed by atoms with Gasteiger partial charge in [-0.15, -0.1) is 0 Å². The lowest BCUT2D eigenvalue weighted by atomic mass is 9.88. The van der Waals surface area contributed by atoms with Gasteiger partial charge in [0.2, 0.25) is 0 Å². The number of benzene rings is 2. The largest absolute Gasteiger partial charge is 0.320 e. The Labute approximate surface area is 129 Å². The number of hydrogen-bond acceptors (Lipinski definition) is 1. The van der Waals surface area contributed by atoms with Gasteiger partial charge in [-0.05, 0) is 54.0 Å². The predicted octanol–water partition coefficient (Wildman–Crippen LogP) is 4.92. The highest BCUT2D eigenvalue weighted by Crippen LogP contribution is 2.33. The molecule has 104 valence electrons. The number of hydrogen-bond donors (Lipinski definition) is 1. The standard InChI is InChI=1S/C17H17Cl2N/c18-15-7-3-6-14(16(15)19)17(20)13-9-8-11-4-1-2-5-12(11)10-13/h3,6-10,17H,1-2,4-5,20H2. The summed E-state index contributed by atoms with van der Waals surface area (Å²) in [4.78, 5) is 0. The molecule has 1 aliphatic carbocycles. The number of halogens is 2. The van der Waals surface area contributed by atoms with E-state index in [4.69, 9.17) is 28.9 Å². The summed E-state index contributed by atoms with van der Waals surface area (Å²) in [5.74, 6) is 0. The molecule has 2 aromatic rings. The summed E-state index contributed by atoms with van der Waals surface area (Å²) in [6.45, 7) is 0. The van der Waals surface area contributed by atoms with Crippen molar-refractivity contribution in [3.05, 3.63) is 68.7 Å². The maximum Gasteiger partial charge on any atom is 0.0643 e. The molecule has 2 aromatic carbocycles. The van der Waals surface area contributed by atoms with Crippen LogP contribution in [0.25, 0.3) is 0 Å². The van der Waals surface area contributed by atoms with Crippen LogP contribution in [0.5, 0.6) is 0 Å². The monoisotopic (exact) mass is 305 g/mol. The van der Waals surface area contributed by atoms with E-state index in [1.54, 1.807) is 6.07 Å². The number of rotatable bonds is 2. The van der Waals surface area contributed by atoms with E-state index in [-0.39, 0.29) is 6.04 Å². The molecule has 3 rings (SSSR count). The lowest BCUT2D eigenvalue weighted by Gasteiger charge is -2.20. The van der Waals surface area contributed by atoms with Gasteiger partial charge < -0.3 is 5.73 Å². The van der Waals surface area contributed by atoms with Crippen LogP contribution in [0.2, 0.25) is 10.0 Å². The van der Waals surface area contributed by atoms with Crippen LogP contribution in [0.3, 0.4) is 0 Å². The molecule has 1 unspecified atom stereocenters. The lowest BCUT2D eigenvalue weighted by molar-refractivity contribution is 0.682. The Hall–Kier alpha value is -1.02. The molecule has 20 heavy (non-hydrogen) atoms. The number of fused-ring (bicyclic) bond motifs is 1. The minimum Gasteiger partial charge on any atom is -0.320 e. The van der Waals surface area contributed by atoms with E-state index in [1.807, 2.05) is 12.1 Å². The van der Waals surface area contributed by atoms with Crippen molar-refractivity contribution in [3.63, 3.8) is 0 Å². The lowest BCUT2D eigenvalue weighted by Crippen LogP contribution is -2.14. The molecule has 0 radical (unpaired) electrons. The van der Waals surface area contributed by atoms with Crippen molar-refractivity contribution in [1.82, 2.24) is 0 Å². The SMILES string of the molecule is NC(c1ccc2c(c1)CCCC2)c1cccc(Cl)c1Cl. The summed E-state index contributed by atoms with van der Waals surface area (Å²) in [6.07, 6.45) is 4.89. The van der Waals surface area contributed by atoms with E-state index < -0.39 is 0 Å². The Morgan fingerprint density at radius 1 is 0.950 bits per heavy atom. The first kappa shape index (κ1) is 13.9. The second-order valence-electron chi connectivity index (χ2n) is 5.36. The average molecular weight is 306 g/mol. The zero-order chi connectivity index (χ0) is 14.1. The maximum absolute atomic E-state index is 6.38. The summed E-state index contributed by atoms with van der Waals surface area (Å²) < 4.78 is 0. The van der Waals surface area contributed by atoms with Crippen molar-refractivity contribution in [2.45, 2.75) is 31.7 Å². The summed E-state index contributed by atoms with van der Waals surface area (Å²) in [5.41, 5.74) is 11.3. The van der Waals surface area contributed by atoms with Gasteiger partial charge in [-0.2, -0.15) is 0 Å². The summed E-state index contributed by atoms with van der Waals surface area (Å²) in [7, 11) is 0. The fourth-order valence-electron chi connectivity index (χ4n) is 2.89. The van der Waals surface area contributed by atoms with Crippen LogP contribution in [0.1, 0.15) is 41.1 Å². The van der Waals surface area contributed by atoms with Crippen molar-refractivity contribution < 1.29 is 0 Å². The highest BCUT2D eigenvalue weighted by molar-refractivity contribution is 6.42. The van der Waals surface area contributed by atoms with E-state index in [9.17, 15) is 0 Å². The third-order valence-electron chi connectivity index (χ3n) is 4.05. The fraction of sp³-hybridized carbons (Fsp3) is 0.294. The number of nitrogens with two attached hydrogens (primary N) is 1. The van der Waals surface area contributed by atoms with Crippen LogP contribution in [0.15, 0.2) is 36.4 Å². The molecule has 3 heteroatoms. The van der Waals surface area contributed by atoms with Gasteiger partial charge in [-0.1, -0.05) is 53.5 Å². The first-order valence-electron chi connectivity index (χ1n) is 6.98. The first-order chi connectivity index (χ1) is 9.66. The van der Waals surface area contributed by atoms with E-state index in [1.165, 1.54) is 30.4 Å². The highest BCUT2D eigenvalue weighted by atomic mass is 35.5. The van der Waals surface area contributed by atoms with E-state index in [0.29, 0.717) is 10.0 Å².